The van der Waals surface area contributed by atoms with Crippen molar-refractivity contribution in [1.29, 1.82) is 0 Å². The number of hydrogen-bond acceptors (Lipinski definition) is 4. The highest BCUT2D eigenvalue weighted by Crippen LogP contribution is 2.27. The lowest BCUT2D eigenvalue weighted by molar-refractivity contribution is 0.306. The van der Waals surface area contributed by atoms with E-state index in [2.05, 4.69) is 11.6 Å². The Morgan fingerprint density at radius 3 is 2.13 bits per heavy atom. The monoisotopic (exact) mass is 432 g/mol. The normalized spacial score (nSPS) is 11.4. The molecule has 0 bridgehead atoms. The van der Waals surface area contributed by atoms with Crippen LogP contribution < -0.4 is 15.2 Å². The third-order valence-electron chi connectivity index (χ3n) is 5.06. The molecule has 0 aliphatic carbocycles. The van der Waals surface area contributed by atoms with Crippen LogP contribution in [0.25, 0.3) is 0 Å². The number of unbranched alkanes of at least 4 members (excludes halogenated alkanes) is 9. The zero-order chi connectivity index (χ0) is 21.7. The number of nitrogens with one attached hydrogen (secondary N) is 1. The van der Waals surface area contributed by atoms with Gasteiger partial charge in [-0.3, -0.25) is 4.72 Å². The Labute approximate surface area is 182 Å². The average Bonchev–Trinajstić information content (AvgIpc) is 2.73. The maximum absolute atomic E-state index is 12.6. The van der Waals surface area contributed by atoms with Crippen LogP contribution in [0.15, 0.2) is 53.4 Å². The van der Waals surface area contributed by atoms with Crippen molar-refractivity contribution >= 4 is 21.4 Å². The molecule has 0 spiro atoms. The summed E-state index contributed by atoms with van der Waals surface area (Å²) >= 11 is 0. The van der Waals surface area contributed by atoms with Gasteiger partial charge >= 0.3 is 0 Å². The Balaban J connectivity index is 1.74. The zero-order valence-corrected chi connectivity index (χ0v) is 18.9. The molecule has 0 atom stereocenters. The minimum Gasteiger partial charge on any atom is -0.491 e. The molecular formula is C24H36N2O3S. The highest BCUT2D eigenvalue weighted by molar-refractivity contribution is 7.92. The number of rotatable bonds is 15. The molecule has 0 radical (unpaired) electrons. The fourth-order valence-electron chi connectivity index (χ4n) is 3.33. The largest absolute Gasteiger partial charge is 0.491 e. The van der Waals surface area contributed by atoms with Crippen LogP contribution in [-0.4, -0.2) is 15.0 Å². The van der Waals surface area contributed by atoms with Crippen molar-refractivity contribution < 1.29 is 13.2 Å². The minimum absolute atomic E-state index is 0.131. The highest BCUT2D eigenvalue weighted by atomic mass is 32.2. The molecule has 30 heavy (non-hydrogen) atoms. The molecule has 6 heteroatoms. The van der Waals surface area contributed by atoms with Gasteiger partial charge in [0.1, 0.15) is 5.75 Å². The van der Waals surface area contributed by atoms with Crippen molar-refractivity contribution in [3.8, 4) is 5.75 Å². The molecule has 0 saturated heterocycles. The fourth-order valence-corrected chi connectivity index (χ4v) is 4.46. The number of hydrogen-bond donors (Lipinski definition) is 2. The summed E-state index contributed by atoms with van der Waals surface area (Å²) < 4.78 is 33.8. The van der Waals surface area contributed by atoms with E-state index in [4.69, 9.17) is 10.5 Å². The van der Waals surface area contributed by atoms with E-state index in [-0.39, 0.29) is 4.90 Å². The van der Waals surface area contributed by atoms with Crippen molar-refractivity contribution in [3.63, 3.8) is 0 Å². The van der Waals surface area contributed by atoms with E-state index < -0.39 is 10.0 Å². The maximum atomic E-state index is 12.6. The van der Waals surface area contributed by atoms with Gasteiger partial charge in [0, 0.05) is 5.69 Å². The predicted molar refractivity (Wildman–Crippen MR) is 125 cm³/mol. The van der Waals surface area contributed by atoms with E-state index >= 15 is 0 Å². The van der Waals surface area contributed by atoms with Crippen LogP contribution in [0.3, 0.4) is 0 Å². The van der Waals surface area contributed by atoms with Crippen LogP contribution in [0.1, 0.15) is 71.1 Å². The molecule has 0 aliphatic heterocycles. The Morgan fingerprint density at radius 1 is 0.833 bits per heavy atom. The lowest BCUT2D eigenvalue weighted by atomic mass is 10.1. The summed E-state index contributed by atoms with van der Waals surface area (Å²) in [5.74, 6) is 0.543. The number of sulfonamides is 1. The second-order valence-electron chi connectivity index (χ2n) is 7.70. The number of nitrogen functional groups attached to an aromatic ring is 1. The van der Waals surface area contributed by atoms with Gasteiger partial charge in [-0.1, -0.05) is 82.9 Å². The Bertz CT molecular complexity index is 853. The standard InChI is InChI=1S/C24H36N2O3S/c1-2-3-4-5-6-7-8-9-10-13-19-29-24-18-12-11-17-23(24)26-30(27,28)22-16-14-15-21(25)20-22/h11-12,14-18,20,26H,2-10,13,19,25H2,1H3. The van der Waals surface area contributed by atoms with E-state index in [1.54, 1.807) is 30.3 Å². The summed E-state index contributed by atoms with van der Waals surface area (Å²) in [5.41, 5.74) is 6.56. The van der Waals surface area contributed by atoms with Crippen LogP contribution in [0.5, 0.6) is 5.75 Å². The first-order valence-corrected chi connectivity index (χ1v) is 12.6. The molecular weight excluding hydrogens is 396 g/mol. The SMILES string of the molecule is CCCCCCCCCCCCOc1ccccc1NS(=O)(=O)c1cccc(N)c1. The van der Waals surface area contributed by atoms with Crippen LogP contribution in [0.2, 0.25) is 0 Å². The van der Waals surface area contributed by atoms with Gasteiger partial charge in [0.15, 0.2) is 0 Å². The molecule has 5 nitrogen and oxygen atoms in total. The van der Waals surface area contributed by atoms with E-state index in [9.17, 15) is 8.42 Å². The number of ether oxygens (including phenoxy) is 1. The molecule has 2 aromatic rings. The molecule has 2 aromatic carbocycles. The Kier molecular flexibility index (Phi) is 10.6. The van der Waals surface area contributed by atoms with E-state index in [1.807, 2.05) is 6.07 Å². The van der Waals surface area contributed by atoms with E-state index in [1.165, 1.54) is 63.5 Å². The molecule has 0 heterocycles. The lowest BCUT2D eigenvalue weighted by Gasteiger charge is -2.14. The van der Waals surface area contributed by atoms with Gasteiger partial charge in [-0.2, -0.15) is 0 Å². The summed E-state index contributed by atoms with van der Waals surface area (Å²) in [4.78, 5) is 0.131. The first-order valence-electron chi connectivity index (χ1n) is 11.1. The second-order valence-corrected chi connectivity index (χ2v) is 9.39. The summed E-state index contributed by atoms with van der Waals surface area (Å²) in [6, 6.07) is 13.4. The highest BCUT2D eigenvalue weighted by Gasteiger charge is 2.16. The molecule has 0 aliphatic rings. The van der Waals surface area contributed by atoms with Gasteiger partial charge in [-0.25, -0.2) is 8.42 Å². The maximum Gasteiger partial charge on any atom is 0.262 e. The molecule has 0 aromatic heterocycles. The first kappa shape index (κ1) is 24.1. The molecule has 166 valence electrons. The number of para-hydroxylation sites is 2. The van der Waals surface area contributed by atoms with Crippen molar-refractivity contribution in [2.24, 2.45) is 0 Å². The van der Waals surface area contributed by atoms with Gasteiger partial charge in [-0.05, 0) is 36.8 Å². The van der Waals surface area contributed by atoms with Crippen molar-refractivity contribution in [2.75, 3.05) is 17.1 Å². The quantitative estimate of drug-likeness (QED) is 0.253. The van der Waals surface area contributed by atoms with Crippen LogP contribution in [0, 0.1) is 0 Å². The van der Waals surface area contributed by atoms with Gasteiger partial charge in [-0.15, -0.1) is 0 Å². The summed E-state index contributed by atoms with van der Waals surface area (Å²) in [6.45, 7) is 2.82. The van der Waals surface area contributed by atoms with Gasteiger partial charge in [0.05, 0.1) is 17.2 Å². The topological polar surface area (TPSA) is 81.4 Å². The molecule has 0 unspecified atom stereocenters. The van der Waals surface area contributed by atoms with Gasteiger partial charge < -0.3 is 10.5 Å². The fraction of sp³-hybridized carbons (Fsp3) is 0.500. The second kappa shape index (κ2) is 13.2. The number of nitrogens with two attached hydrogens (primary N) is 1. The van der Waals surface area contributed by atoms with E-state index in [0.29, 0.717) is 23.7 Å². The third kappa shape index (κ3) is 8.66. The summed E-state index contributed by atoms with van der Waals surface area (Å²) in [7, 11) is -3.72. The van der Waals surface area contributed by atoms with Crippen molar-refractivity contribution in [2.45, 2.75) is 76.0 Å². The van der Waals surface area contributed by atoms with Gasteiger partial charge in [0.2, 0.25) is 0 Å². The molecule has 0 amide bonds. The molecule has 0 fully saturated rings. The predicted octanol–water partition coefficient (Wildman–Crippen LogP) is 6.37. The zero-order valence-electron chi connectivity index (χ0n) is 18.1. The smallest absolute Gasteiger partial charge is 0.262 e. The third-order valence-corrected chi connectivity index (χ3v) is 6.42. The average molecular weight is 433 g/mol. The van der Waals surface area contributed by atoms with Crippen LogP contribution >= 0.6 is 0 Å². The Morgan fingerprint density at radius 2 is 1.47 bits per heavy atom. The molecule has 3 N–H and O–H groups in total. The first-order chi connectivity index (χ1) is 14.5. The number of anilines is 2. The van der Waals surface area contributed by atoms with E-state index in [0.717, 1.165) is 12.8 Å². The Hall–Kier alpha value is -2.21. The van der Waals surface area contributed by atoms with Crippen LogP contribution in [-0.2, 0) is 10.0 Å². The number of benzene rings is 2. The van der Waals surface area contributed by atoms with Gasteiger partial charge in [0.25, 0.3) is 10.0 Å². The molecule has 2 rings (SSSR count). The minimum atomic E-state index is -3.72. The molecule has 0 saturated carbocycles. The van der Waals surface area contributed by atoms with Crippen LogP contribution in [0.4, 0.5) is 11.4 Å². The van der Waals surface area contributed by atoms with Crippen molar-refractivity contribution in [1.82, 2.24) is 0 Å². The van der Waals surface area contributed by atoms with Crippen molar-refractivity contribution in [3.05, 3.63) is 48.5 Å². The summed E-state index contributed by atoms with van der Waals surface area (Å²) in [6.07, 6.45) is 12.6. The lowest BCUT2D eigenvalue weighted by Crippen LogP contribution is -2.14. The summed E-state index contributed by atoms with van der Waals surface area (Å²) in [5, 5.41) is 0.